The van der Waals surface area contributed by atoms with Gasteiger partial charge in [0.2, 0.25) is 0 Å². The molecule has 0 aromatic heterocycles. The van der Waals surface area contributed by atoms with E-state index in [1.54, 1.807) is 0 Å². The maximum absolute atomic E-state index is 4.22. The fraction of sp³-hybridized carbons (Fsp3) is 0.0526. The summed E-state index contributed by atoms with van der Waals surface area (Å²) in [5, 5.41) is 0. The third kappa shape index (κ3) is 2.43. The van der Waals surface area contributed by atoms with Crippen LogP contribution in [0.5, 0.6) is 0 Å². The van der Waals surface area contributed by atoms with Gasteiger partial charge in [-0.3, -0.25) is 0 Å². The van der Waals surface area contributed by atoms with Crippen molar-refractivity contribution < 1.29 is 0 Å². The van der Waals surface area contributed by atoms with E-state index in [1.807, 2.05) is 12.1 Å². The summed E-state index contributed by atoms with van der Waals surface area (Å²) in [5.41, 5.74) is 4.92. The predicted octanol–water partition coefficient (Wildman–Crippen LogP) is 4.98. The van der Waals surface area contributed by atoms with E-state index in [-0.39, 0.29) is 0 Å². The molecule has 0 amide bonds. The minimum Gasteiger partial charge on any atom is -0.0949 e. The lowest BCUT2D eigenvalue weighted by Gasteiger charge is -2.19. The second-order valence-electron chi connectivity index (χ2n) is 4.79. The Kier molecular flexibility index (Phi) is 3.16. The third-order valence-electron chi connectivity index (χ3n) is 3.47. The van der Waals surface area contributed by atoms with Crippen LogP contribution in [-0.4, -0.2) is 0 Å². The Hall–Kier alpha value is -2.34. The van der Waals surface area contributed by atoms with Gasteiger partial charge in [0.15, 0.2) is 0 Å². The summed E-state index contributed by atoms with van der Waals surface area (Å²) in [4.78, 5) is 0. The van der Waals surface area contributed by atoms with Crippen molar-refractivity contribution >= 4 is 5.57 Å². The highest BCUT2D eigenvalue weighted by Gasteiger charge is 2.14. The van der Waals surface area contributed by atoms with Gasteiger partial charge in [-0.15, -0.1) is 0 Å². The summed E-state index contributed by atoms with van der Waals surface area (Å²) < 4.78 is 0. The molecule has 0 heteroatoms. The van der Waals surface area contributed by atoms with Gasteiger partial charge in [-0.2, -0.15) is 0 Å². The van der Waals surface area contributed by atoms with Crippen LogP contribution in [0.15, 0.2) is 91.0 Å². The topological polar surface area (TPSA) is 0 Å². The van der Waals surface area contributed by atoms with Crippen molar-refractivity contribution in [3.63, 3.8) is 0 Å². The normalized spacial score (nSPS) is 18.2. The molecular weight excluding hydrogens is 228 g/mol. The summed E-state index contributed by atoms with van der Waals surface area (Å²) in [5.74, 6) is 0.300. The molecule has 1 unspecified atom stereocenters. The molecule has 0 heterocycles. The fourth-order valence-electron chi connectivity index (χ4n) is 2.46. The lowest BCUT2D eigenvalue weighted by molar-refractivity contribution is 1.02. The lowest BCUT2D eigenvalue weighted by atomic mass is 9.85. The van der Waals surface area contributed by atoms with Crippen molar-refractivity contribution in [2.24, 2.45) is 0 Å². The highest BCUT2D eigenvalue weighted by Crippen LogP contribution is 2.33. The van der Waals surface area contributed by atoms with Gasteiger partial charge < -0.3 is 0 Å². The van der Waals surface area contributed by atoms with Crippen molar-refractivity contribution in [1.29, 1.82) is 0 Å². The van der Waals surface area contributed by atoms with Crippen LogP contribution in [0.25, 0.3) is 5.57 Å². The van der Waals surface area contributed by atoms with Crippen molar-refractivity contribution in [3.8, 4) is 0 Å². The van der Waals surface area contributed by atoms with Crippen LogP contribution in [0.2, 0.25) is 0 Å². The first-order valence-corrected chi connectivity index (χ1v) is 6.53. The van der Waals surface area contributed by atoms with Crippen LogP contribution in [0.1, 0.15) is 17.0 Å². The molecule has 19 heavy (non-hydrogen) atoms. The summed E-state index contributed by atoms with van der Waals surface area (Å²) in [6.45, 7) is 4.22. The zero-order chi connectivity index (χ0) is 13.1. The fourth-order valence-corrected chi connectivity index (χ4v) is 2.46. The molecule has 0 spiro atoms. The largest absolute Gasteiger partial charge is 0.0949 e. The van der Waals surface area contributed by atoms with Crippen LogP contribution < -0.4 is 0 Å². The van der Waals surface area contributed by atoms with Gasteiger partial charge in [-0.05, 0) is 22.3 Å². The van der Waals surface area contributed by atoms with Crippen LogP contribution in [-0.2, 0) is 0 Å². The Balaban J connectivity index is 1.89. The number of allylic oxidation sites excluding steroid dienone is 5. The van der Waals surface area contributed by atoms with E-state index >= 15 is 0 Å². The zero-order valence-corrected chi connectivity index (χ0v) is 10.8. The van der Waals surface area contributed by atoms with E-state index in [0.29, 0.717) is 5.92 Å². The number of rotatable bonds is 2. The average molecular weight is 244 g/mol. The van der Waals surface area contributed by atoms with Gasteiger partial charge in [-0.25, -0.2) is 0 Å². The van der Waals surface area contributed by atoms with E-state index in [0.717, 1.165) is 5.57 Å². The molecule has 0 N–H and O–H groups in total. The zero-order valence-electron chi connectivity index (χ0n) is 10.8. The number of hydrogen-bond donors (Lipinski definition) is 0. The van der Waals surface area contributed by atoms with Gasteiger partial charge >= 0.3 is 0 Å². The Labute approximate surface area is 114 Å². The maximum Gasteiger partial charge on any atom is 0.0267 e. The summed E-state index contributed by atoms with van der Waals surface area (Å²) in [6.07, 6.45) is 6.62. The molecule has 0 fully saturated rings. The first-order valence-electron chi connectivity index (χ1n) is 6.53. The molecule has 92 valence electrons. The first kappa shape index (κ1) is 11.7. The molecule has 0 saturated carbocycles. The molecule has 1 atom stereocenters. The summed E-state index contributed by atoms with van der Waals surface area (Å²) >= 11 is 0. The molecule has 1 aliphatic rings. The monoisotopic (exact) mass is 244 g/mol. The standard InChI is InChI=1S/C19H16/c1-15-14-18(16-8-4-2-5-9-16)12-13-19(15)17-10-6-3-7-11-17/h2-14,19H,1H2. The van der Waals surface area contributed by atoms with Gasteiger partial charge in [0.1, 0.15) is 0 Å². The summed E-state index contributed by atoms with van der Waals surface area (Å²) in [7, 11) is 0. The van der Waals surface area contributed by atoms with E-state index in [1.165, 1.54) is 16.7 Å². The Morgan fingerprint density at radius 2 is 1.42 bits per heavy atom. The predicted molar refractivity (Wildman–Crippen MR) is 81.9 cm³/mol. The molecule has 0 bridgehead atoms. The molecule has 0 aliphatic heterocycles. The quantitative estimate of drug-likeness (QED) is 0.699. The average Bonchev–Trinajstić information content (AvgIpc) is 2.49. The van der Waals surface area contributed by atoms with E-state index in [4.69, 9.17) is 0 Å². The van der Waals surface area contributed by atoms with E-state index in [9.17, 15) is 0 Å². The Morgan fingerprint density at radius 3 is 2.05 bits per heavy atom. The van der Waals surface area contributed by atoms with Gasteiger partial charge in [0.05, 0.1) is 0 Å². The van der Waals surface area contributed by atoms with Gasteiger partial charge in [0, 0.05) is 5.92 Å². The molecule has 3 rings (SSSR count). The molecular formula is C19H16. The highest BCUT2D eigenvalue weighted by atomic mass is 14.2. The second kappa shape index (κ2) is 5.11. The minimum absolute atomic E-state index is 0.300. The maximum atomic E-state index is 4.22. The molecule has 1 aliphatic carbocycles. The second-order valence-corrected chi connectivity index (χ2v) is 4.79. The number of benzene rings is 2. The SMILES string of the molecule is C=C1C=C(c2ccccc2)C=CC1c1ccccc1. The van der Waals surface area contributed by atoms with Crippen LogP contribution in [0.4, 0.5) is 0 Å². The van der Waals surface area contributed by atoms with E-state index < -0.39 is 0 Å². The van der Waals surface area contributed by atoms with Crippen molar-refractivity contribution in [1.82, 2.24) is 0 Å². The lowest BCUT2D eigenvalue weighted by Crippen LogP contribution is -2.01. The highest BCUT2D eigenvalue weighted by molar-refractivity contribution is 5.78. The van der Waals surface area contributed by atoms with Crippen molar-refractivity contribution in [3.05, 3.63) is 102 Å². The Bertz CT molecular complexity index is 630. The van der Waals surface area contributed by atoms with Gasteiger partial charge in [-0.1, -0.05) is 85.5 Å². The molecule has 0 nitrogen and oxygen atoms in total. The Morgan fingerprint density at radius 1 is 0.789 bits per heavy atom. The third-order valence-corrected chi connectivity index (χ3v) is 3.47. The minimum atomic E-state index is 0.300. The number of hydrogen-bond acceptors (Lipinski definition) is 0. The van der Waals surface area contributed by atoms with Crippen LogP contribution >= 0.6 is 0 Å². The molecule has 0 radical (unpaired) electrons. The molecule has 2 aromatic rings. The van der Waals surface area contributed by atoms with Crippen LogP contribution in [0.3, 0.4) is 0 Å². The summed E-state index contributed by atoms with van der Waals surface area (Å²) in [6, 6.07) is 20.9. The van der Waals surface area contributed by atoms with Gasteiger partial charge in [0.25, 0.3) is 0 Å². The van der Waals surface area contributed by atoms with Crippen LogP contribution in [0, 0.1) is 0 Å². The van der Waals surface area contributed by atoms with Crippen molar-refractivity contribution in [2.75, 3.05) is 0 Å². The van der Waals surface area contributed by atoms with E-state index in [2.05, 4.69) is 73.3 Å². The van der Waals surface area contributed by atoms with Crippen molar-refractivity contribution in [2.45, 2.75) is 5.92 Å². The first-order chi connectivity index (χ1) is 9.34. The smallest absolute Gasteiger partial charge is 0.0267 e. The molecule has 2 aromatic carbocycles. The molecule has 0 saturated heterocycles.